The molecule has 1 aliphatic rings. The van der Waals surface area contributed by atoms with E-state index in [4.69, 9.17) is 14.2 Å². The van der Waals surface area contributed by atoms with Crippen molar-refractivity contribution in [2.45, 2.75) is 13.5 Å². The average molecular weight is 488 g/mol. The smallest absolute Gasteiger partial charge is 0.344 e. The van der Waals surface area contributed by atoms with Crippen LogP contribution >= 0.6 is 11.8 Å². The predicted molar refractivity (Wildman–Crippen MR) is 139 cm³/mol. The quantitative estimate of drug-likeness (QED) is 0.367. The molecule has 0 spiro atoms. The first kappa shape index (κ1) is 24.2. The van der Waals surface area contributed by atoms with Crippen LogP contribution in [0.25, 0.3) is 6.08 Å². The maximum absolute atomic E-state index is 12.6. The van der Waals surface area contributed by atoms with Crippen LogP contribution in [0, 0.1) is 0 Å². The molecule has 178 valence electrons. The summed E-state index contributed by atoms with van der Waals surface area (Å²) >= 11 is 1.21. The second-order valence-corrected chi connectivity index (χ2v) is 8.55. The minimum atomic E-state index is -0.617. The topological polar surface area (TPSA) is 77.4 Å². The van der Waals surface area contributed by atoms with Crippen LogP contribution in [0.15, 0.2) is 100 Å². The molecule has 0 saturated heterocycles. The molecule has 35 heavy (non-hydrogen) atoms. The van der Waals surface area contributed by atoms with Gasteiger partial charge in [-0.05, 0) is 60.5 Å². The van der Waals surface area contributed by atoms with Gasteiger partial charge in [0.1, 0.15) is 34.5 Å². The summed E-state index contributed by atoms with van der Waals surface area (Å²) in [5.41, 5.74) is 2.57. The van der Waals surface area contributed by atoms with Crippen molar-refractivity contribution in [2.24, 2.45) is 4.99 Å². The molecule has 6 nitrogen and oxygen atoms in total. The standard InChI is InChI=1S/C28H25NO5S/c1-3-33-28(31)25-26(30)24(35-27(25)29-21-12-14-22(32-2)15-13-21)17-20-10-7-11-23(16-20)34-18-19-8-5-4-6-9-19/h4-17,30H,3,18H2,1-2H3. The molecule has 0 fully saturated rings. The molecule has 0 radical (unpaired) electrons. The van der Waals surface area contributed by atoms with Crippen molar-refractivity contribution >= 4 is 34.5 Å². The number of aliphatic hydroxyl groups is 1. The number of thioether (sulfide) groups is 1. The lowest BCUT2D eigenvalue weighted by molar-refractivity contribution is -0.138. The number of aliphatic hydroxyl groups excluding tert-OH is 1. The minimum absolute atomic E-state index is 0.0513. The van der Waals surface area contributed by atoms with Gasteiger partial charge in [-0.15, -0.1) is 0 Å². The van der Waals surface area contributed by atoms with Gasteiger partial charge in [0.05, 0.1) is 24.3 Å². The lowest BCUT2D eigenvalue weighted by Crippen LogP contribution is -2.12. The molecule has 0 aliphatic carbocycles. The number of nitrogens with zero attached hydrogens (tertiary/aromatic N) is 1. The Labute approximate surface area is 208 Å². The number of rotatable bonds is 8. The Kier molecular flexibility index (Phi) is 7.90. The third-order valence-corrected chi connectivity index (χ3v) is 6.10. The van der Waals surface area contributed by atoms with Crippen molar-refractivity contribution < 1.29 is 24.1 Å². The molecular weight excluding hydrogens is 462 g/mol. The molecule has 3 aromatic rings. The summed E-state index contributed by atoms with van der Waals surface area (Å²) in [6, 6.07) is 24.6. The number of hydrogen-bond acceptors (Lipinski definition) is 7. The molecule has 1 aliphatic heterocycles. The van der Waals surface area contributed by atoms with Crippen molar-refractivity contribution in [3.8, 4) is 11.5 Å². The average Bonchev–Trinajstić information content (AvgIpc) is 3.18. The zero-order valence-corrected chi connectivity index (χ0v) is 20.2. The normalized spacial score (nSPS) is 15.5. The molecule has 0 unspecified atom stereocenters. The van der Waals surface area contributed by atoms with Crippen LogP contribution in [0.3, 0.4) is 0 Å². The van der Waals surface area contributed by atoms with Gasteiger partial charge < -0.3 is 19.3 Å². The van der Waals surface area contributed by atoms with Crippen LogP contribution in [0.5, 0.6) is 11.5 Å². The monoisotopic (exact) mass is 487 g/mol. The Balaban J connectivity index is 1.60. The van der Waals surface area contributed by atoms with Crippen molar-refractivity contribution in [1.29, 1.82) is 0 Å². The van der Waals surface area contributed by atoms with Crippen LogP contribution in [0.1, 0.15) is 18.1 Å². The van der Waals surface area contributed by atoms with Gasteiger partial charge in [0, 0.05) is 0 Å². The summed E-state index contributed by atoms with van der Waals surface area (Å²) in [4.78, 5) is 17.7. The maximum atomic E-state index is 12.6. The van der Waals surface area contributed by atoms with E-state index in [2.05, 4.69) is 4.99 Å². The number of esters is 1. The Morgan fingerprint density at radius 2 is 1.77 bits per heavy atom. The zero-order valence-electron chi connectivity index (χ0n) is 19.4. The second kappa shape index (κ2) is 11.4. The highest BCUT2D eigenvalue weighted by Crippen LogP contribution is 2.40. The molecule has 0 atom stereocenters. The summed E-state index contributed by atoms with van der Waals surface area (Å²) in [7, 11) is 1.59. The van der Waals surface area contributed by atoms with Crippen LogP contribution in [0.2, 0.25) is 0 Å². The van der Waals surface area contributed by atoms with E-state index in [-0.39, 0.29) is 17.9 Å². The van der Waals surface area contributed by atoms with E-state index >= 15 is 0 Å². The van der Waals surface area contributed by atoms with Gasteiger partial charge in [0.15, 0.2) is 0 Å². The van der Waals surface area contributed by atoms with E-state index in [1.165, 1.54) is 11.8 Å². The highest BCUT2D eigenvalue weighted by atomic mass is 32.2. The lowest BCUT2D eigenvalue weighted by atomic mass is 10.1. The molecule has 0 aromatic heterocycles. The van der Waals surface area contributed by atoms with Crippen LogP contribution < -0.4 is 9.47 Å². The van der Waals surface area contributed by atoms with Crippen LogP contribution in [0.4, 0.5) is 5.69 Å². The fourth-order valence-corrected chi connectivity index (χ4v) is 4.39. The summed E-state index contributed by atoms with van der Waals surface area (Å²) in [6.07, 6.45) is 1.80. The van der Waals surface area contributed by atoms with Gasteiger partial charge in [-0.25, -0.2) is 9.79 Å². The lowest BCUT2D eigenvalue weighted by Gasteiger charge is -2.07. The van der Waals surface area contributed by atoms with Gasteiger partial charge in [-0.3, -0.25) is 0 Å². The first-order valence-electron chi connectivity index (χ1n) is 11.1. The van der Waals surface area contributed by atoms with Gasteiger partial charge in [0.25, 0.3) is 0 Å². The molecule has 0 saturated carbocycles. The number of benzene rings is 3. The summed E-state index contributed by atoms with van der Waals surface area (Å²) < 4.78 is 16.3. The summed E-state index contributed by atoms with van der Waals surface area (Å²) in [5, 5.41) is 11.3. The summed E-state index contributed by atoms with van der Waals surface area (Å²) in [6.45, 7) is 2.36. The number of ether oxygens (including phenoxy) is 3. The number of aliphatic imine (C=N–C) groups is 1. The molecule has 0 amide bonds. The molecule has 0 bridgehead atoms. The Morgan fingerprint density at radius 3 is 2.49 bits per heavy atom. The largest absolute Gasteiger partial charge is 0.506 e. The molecule has 1 heterocycles. The fraction of sp³-hybridized carbons (Fsp3) is 0.143. The highest BCUT2D eigenvalue weighted by Gasteiger charge is 2.33. The van der Waals surface area contributed by atoms with Crippen LogP contribution in [-0.4, -0.2) is 29.8 Å². The SMILES string of the molecule is CCOC(=O)C1=C(O)C(=Cc2cccc(OCc3ccccc3)c2)SC1=Nc1ccc(OC)cc1. The van der Waals surface area contributed by atoms with Crippen LogP contribution in [-0.2, 0) is 16.1 Å². The molecule has 3 aromatic carbocycles. The predicted octanol–water partition coefficient (Wildman–Crippen LogP) is 6.47. The number of methoxy groups -OCH3 is 1. The fourth-order valence-electron chi connectivity index (χ4n) is 3.35. The molecule has 4 rings (SSSR count). The molecule has 7 heteroatoms. The zero-order chi connectivity index (χ0) is 24.6. The van der Waals surface area contributed by atoms with E-state index < -0.39 is 5.97 Å². The highest BCUT2D eigenvalue weighted by molar-refractivity contribution is 8.18. The minimum Gasteiger partial charge on any atom is -0.506 e. The first-order valence-corrected chi connectivity index (χ1v) is 11.9. The first-order chi connectivity index (χ1) is 17.1. The van der Waals surface area contributed by atoms with Gasteiger partial charge >= 0.3 is 5.97 Å². The van der Waals surface area contributed by atoms with Crippen molar-refractivity contribution in [1.82, 2.24) is 0 Å². The van der Waals surface area contributed by atoms with Crippen molar-refractivity contribution in [2.75, 3.05) is 13.7 Å². The third-order valence-electron chi connectivity index (χ3n) is 5.08. The van der Waals surface area contributed by atoms with Gasteiger partial charge in [-0.1, -0.05) is 54.2 Å². The Morgan fingerprint density at radius 1 is 1.00 bits per heavy atom. The Bertz CT molecular complexity index is 1280. The number of carbonyl (C=O) groups excluding carboxylic acids is 1. The van der Waals surface area contributed by atoms with E-state index in [1.54, 1.807) is 44.4 Å². The second-order valence-electron chi connectivity index (χ2n) is 7.52. The van der Waals surface area contributed by atoms with Crippen molar-refractivity contribution in [3.05, 3.63) is 106 Å². The van der Waals surface area contributed by atoms with E-state index in [9.17, 15) is 9.90 Å². The molecule has 1 N–H and O–H groups in total. The number of carbonyl (C=O) groups is 1. The van der Waals surface area contributed by atoms with Crippen molar-refractivity contribution in [3.63, 3.8) is 0 Å². The van der Waals surface area contributed by atoms with E-state index in [0.717, 1.165) is 11.1 Å². The number of hydrogen-bond donors (Lipinski definition) is 1. The third kappa shape index (κ3) is 6.13. The van der Waals surface area contributed by atoms with Gasteiger partial charge in [0.2, 0.25) is 0 Å². The van der Waals surface area contributed by atoms with Gasteiger partial charge in [-0.2, -0.15) is 0 Å². The summed E-state index contributed by atoms with van der Waals surface area (Å²) in [5.74, 6) is 0.629. The molecular formula is C28H25NO5S. The maximum Gasteiger partial charge on any atom is 0.344 e. The van der Waals surface area contributed by atoms with E-state index in [0.29, 0.717) is 33.7 Å². The van der Waals surface area contributed by atoms with E-state index in [1.807, 2.05) is 54.6 Å². The Hall–Kier alpha value is -3.97.